The van der Waals surface area contributed by atoms with Crippen LogP contribution in [0.1, 0.15) is 5.56 Å². The molecular weight excluding hydrogens is 218 g/mol. The average molecular weight is 226 g/mol. The first kappa shape index (κ1) is 9.49. The summed E-state index contributed by atoms with van der Waals surface area (Å²) in [5.74, 6) is 0. The molecule has 0 radical (unpaired) electrons. The highest BCUT2D eigenvalue weighted by atomic mass is 35.5. The summed E-state index contributed by atoms with van der Waals surface area (Å²) < 4.78 is 1.70. The third kappa shape index (κ3) is 2.05. The molecule has 4 heteroatoms. The first-order valence-corrected chi connectivity index (χ1v) is 5.36. The highest BCUT2D eigenvalue weighted by Gasteiger charge is 1.98. The maximum absolute atomic E-state index is 11.2. The molecule has 1 aromatic carbocycles. The molecule has 0 aliphatic rings. The topological polar surface area (TPSA) is 22.0 Å². The molecule has 2 aromatic rings. The van der Waals surface area contributed by atoms with Crippen molar-refractivity contribution < 1.29 is 0 Å². The number of hydrogen-bond donors (Lipinski definition) is 0. The van der Waals surface area contributed by atoms with Crippen molar-refractivity contribution in [2.24, 2.45) is 0 Å². The second kappa shape index (κ2) is 3.98. The third-order valence-corrected chi connectivity index (χ3v) is 2.96. The number of rotatable bonds is 2. The predicted molar refractivity (Wildman–Crippen MR) is 59.1 cm³/mol. The number of benzene rings is 1. The van der Waals surface area contributed by atoms with E-state index in [4.69, 9.17) is 11.6 Å². The molecule has 1 heterocycles. The van der Waals surface area contributed by atoms with Crippen LogP contribution in [0, 0.1) is 0 Å². The summed E-state index contributed by atoms with van der Waals surface area (Å²) in [4.78, 5) is 11.2. The normalized spacial score (nSPS) is 10.4. The predicted octanol–water partition coefficient (Wildman–Crippen LogP) is 2.61. The van der Waals surface area contributed by atoms with E-state index in [9.17, 15) is 4.79 Å². The van der Waals surface area contributed by atoms with Gasteiger partial charge in [-0.15, -0.1) is 0 Å². The lowest BCUT2D eigenvalue weighted by molar-refractivity contribution is 0.849. The van der Waals surface area contributed by atoms with E-state index < -0.39 is 0 Å². The first-order valence-electron chi connectivity index (χ1n) is 4.15. The second-order valence-corrected chi connectivity index (χ2v) is 4.27. The summed E-state index contributed by atoms with van der Waals surface area (Å²) in [5, 5.41) is 2.51. The van der Waals surface area contributed by atoms with Crippen LogP contribution < -0.4 is 5.56 Å². The smallest absolute Gasteiger partial charge is 0.260 e. The van der Waals surface area contributed by atoms with Gasteiger partial charge in [0.05, 0.1) is 6.54 Å². The summed E-state index contributed by atoms with van der Waals surface area (Å²) in [7, 11) is 0. The molecular formula is C10H8ClNOS. The van der Waals surface area contributed by atoms with Gasteiger partial charge in [0, 0.05) is 16.5 Å². The first-order chi connectivity index (χ1) is 6.75. The zero-order valence-electron chi connectivity index (χ0n) is 7.31. The molecule has 14 heavy (non-hydrogen) atoms. The van der Waals surface area contributed by atoms with E-state index in [1.807, 2.05) is 24.3 Å². The highest BCUT2D eigenvalue weighted by molar-refractivity contribution is 7.04. The molecule has 0 spiro atoms. The number of aromatic nitrogens is 1. The van der Waals surface area contributed by atoms with Gasteiger partial charge in [-0.3, -0.25) is 8.75 Å². The molecule has 0 unspecified atom stereocenters. The zero-order chi connectivity index (χ0) is 9.97. The van der Waals surface area contributed by atoms with Gasteiger partial charge in [0.15, 0.2) is 0 Å². The molecule has 2 rings (SSSR count). The molecule has 0 atom stereocenters. The van der Waals surface area contributed by atoms with Crippen LogP contribution in [0.4, 0.5) is 0 Å². The molecule has 0 fully saturated rings. The SMILES string of the molecule is O=c1ccsn1Cc1ccc(Cl)cc1. The van der Waals surface area contributed by atoms with Gasteiger partial charge in [0.1, 0.15) is 0 Å². The largest absolute Gasteiger partial charge is 0.268 e. The Labute approximate surface area is 90.5 Å². The second-order valence-electron chi connectivity index (χ2n) is 2.91. The molecule has 0 aliphatic heterocycles. The Balaban J connectivity index is 2.23. The van der Waals surface area contributed by atoms with Crippen LogP contribution >= 0.6 is 23.1 Å². The van der Waals surface area contributed by atoms with Crippen molar-refractivity contribution in [3.05, 3.63) is 56.7 Å². The minimum atomic E-state index is 0.0463. The van der Waals surface area contributed by atoms with Gasteiger partial charge in [-0.1, -0.05) is 35.3 Å². The Bertz CT molecular complexity index is 471. The van der Waals surface area contributed by atoms with E-state index in [-0.39, 0.29) is 5.56 Å². The summed E-state index contributed by atoms with van der Waals surface area (Å²) in [5.41, 5.74) is 1.13. The number of hydrogen-bond acceptors (Lipinski definition) is 2. The van der Waals surface area contributed by atoms with Crippen molar-refractivity contribution in [2.75, 3.05) is 0 Å². The van der Waals surface area contributed by atoms with Crippen molar-refractivity contribution >= 4 is 23.1 Å². The van der Waals surface area contributed by atoms with Gasteiger partial charge in [-0.25, -0.2) is 0 Å². The van der Waals surface area contributed by atoms with E-state index in [0.29, 0.717) is 11.6 Å². The van der Waals surface area contributed by atoms with Crippen LogP contribution in [0.25, 0.3) is 0 Å². The fourth-order valence-electron chi connectivity index (χ4n) is 1.17. The minimum Gasteiger partial charge on any atom is -0.268 e. The van der Waals surface area contributed by atoms with Crippen molar-refractivity contribution in [1.82, 2.24) is 3.96 Å². The monoisotopic (exact) mass is 225 g/mol. The van der Waals surface area contributed by atoms with E-state index >= 15 is 0 Å². The van der Waals surface area contributed by atoms with Crippen LogP contribution in [0.15, 0.2) is 40.5 Å². The fourth-order valence-corrected chi connectivity index (χ4v) is 2.01. The van der Waals surface area contributed by atoms with Crippen molar-refractivity contribution in [3.63, 3.8) is 0 Å². The lowest BCUT2D eigenvalue weighted by Crippen LogP contribution is -2.12. The molecule has 0 saturated heterocycles. The minimum absolute atomic E-state index is 0.0463. The Hall–Kier alpha value is -1.06. The van der Waals surface area contributed by atoms with Crippen molar-refractivity contribution in [3.8, 4) is 0 Å². The molecule has 0 bridgehead atoms. The zero-order valence-corrected chi connectivity index (χ0v) is 8.89. The van der Waals surface area contributed by atoms with Gasteiger partial charge in [-0.2, -0.15) is 0 Å². The summed E-state index contributed by atoms with van der Waals surface area (Å²) >= 11 is 7.18. The van der Waals surface area contributed by atoms with Crippen LogP contribution in [-0.2, 0) is 6.54 Å². The standard InChI is InChI=1S/C10H8ClNOS/c11-9-3-1-8(2-4-9)7-12-10(13)5-6-14-12/h1-6H,7H2. The van der Waals surface area contributed by atoms with Gasteiger partial charge in [0.2, 0.25) is 0 Å². The lowest BCUT2D eigenvalue weighted by atomic mass is 10.2. The van der Waals surface area contributed by atoms with Crippen LogP contribution in [-0.4, -0.2) is 3.96 Å². The van der Waals surface area contributed by atoms with Crippen LogP contribution in [0.5, 0.6) is 0 Å². The van der Waals surface area contributed by atoms with Gasteiger partial charge >= 0.3 is 0 Å². The summed E-state index contributed by atoms with van der Waals surface area (Å²) in [6.45, 7) is 0.619. The maximum atomic E-state index is 11.2. The maximum Gasteiger partial charge on any atom is 0.260 e. The van der Waals surface area contributed by atoms with Crippen molar-refractivity contribution in [2.45, 2.75) is 6.54 Å². The third-order valence-electron chi connectivity index (χ3n) is 1.88. The molecule has 72 valence electrons. The molecule has 1 aromatic heterocycles. The van der Waals surface area contributed by atoms with Crippen LogP contribution in [0.3, 0.4) is 0 Å². The van der Waals surface area contributed by atoms with E-state index in [0.717, 1.165) is 5.56 Å². The van der Waals surface area contributed by atoms with Crippen LogP contribution in [0.2, 0.25) is 5.02 Å². The fraction of sp³-hybridized carbons (Fsp3) is 0.100. The van der Waals surface area contributed by atoms with Gasteiger partial charge in [-0.05, 0) is 17.7 Å². The molecule has 0 saturated carbocycles. The summed E-state index contributed by atoms with van der Waals surface area (Å²) in [6, 6.07) is 9.08. The van der Waals surface area contributed by atoms with E-state index in [1.165, 1.54) is 11.5 Å². The lowest BCUT2D eigenvalue weighted by Gasteiger charge is -2.00. The highest BCUT2D eigenvalue weighted by Crippen LogP contribution is 2.10. The quantitative estimate of drug-likeness (QED) is 0.770. The number of nitrogens with zero attached hydrogens (tertiary/aromatic N) is 1. The van der Waals surface area contributed by atoms with Gasteiger partial charge < -0.3 is 0 Å². The number of halogens is 1. The molecule has 0 N–H and O–H groups in total. The average Bonchev–Trinajstić information content (AvgIpc) is 2.56. The van der Waals surface area contributed by atoms with Crippen molar-refractivity contribution in [1.29, 1.82) is 0 Å². The Kier molecular flexibility index (Phi) is 2.70. The van der Waals surface area contributed by atoms with E-state index in [2.05, 4.69) is 0 Å². The van der Waals surface area contributed by atoms with E-state index in [1.54, 1.807) is 15.4 Å². The Morgan fingerprint density at radius 3 is 2.50 bits per heavy atom. The Morgan fingerprint density at radius 2 is 1.93 bits per heavy atom. The molecule has 2 nitrogen and oxygen atoms in total. The molecule has 0 aliphatic carbocycles. The Morgan fingerprint density at radius 1 is 1.21 bits per heavy atom. The molecule has 0 amide bonds. The summed E-state index contributed by atoms with van der Waals surface area (Å²) in [6.07, 6.45) is 0. The van der Waals surface area contributed by atoms with Gasteiger partial charge in [0.25, 0.3) is 5.56 Å².